The van der Waals surface area contributed by atoms with Gasteiger partial charge in [0.15, 0.2) is 0 Å². The van der Waals surface area contributed by atoms with Crippen LogP contribution in [0.4, 0.5) is 9.09 Å². The molecule has 0 spiro atoms. The maximum Gasteiger partial charge on any atom is 0.330 e. The van der Waals surface area contributed by atoms with Crippen molar-refractivity contribution in [2.75, 3.05) is 13.2 Å². The predicted molar refractivity (Wildman–Crippen MR) is 55.6 cm³/mol. The van der Waals surface area contributed by atoms with Gasteiger partial charge in [-0.2, -0.15) is 0 Å². The Labute approximate surface area is 91.8 Å². The molecule has 0 unspecified atom stereocenters. The molecule has 0 aliphatic rings. The van der Waals surface area contributed by atoms with Gasteiger partial charge in [0, 0.05) is 6.08 Å². The van der Waals surface area contributed by atoms with E-state index in [-0.39, 0.29) is 23.7 Å². The van der Waals surface area contributed by atoms with Crippen molar-refractivity contribution in [3.8, 4) is 5.75 Å². The molecule has 0 saturated carbocycles. The number of hydrogen-bond donors (Lipinski definition) is 0. The van der Waals surface area contributed by atoms with E-state index in [1.807, 2.05) is 0 Å². The Balaban J connectivity index is 0.00000225. The van der Waals surface area contributed by atoms with Gasteiger partial charge < -0.3 is 9.47 Å². The Kier molecular flexibility index (Phi) is 6.51. The molecule has 0 amide bonds. The predicted octanol–water partition coefficient (Wildman–Crippen LogP) is 2.09. The fourth-order valence-electron chi connectivity index (χ4n) is 0.892. The molecular formula is C11H12F2O3. The summed E-state index contributed by atoms with van der Waals surface area (Å²) in [6, 6.07) is 5.60. The fraction of sp³-hybridized carbons (Fsp3) is 0.182. The van der Waals surface area contributed by atoms with Gasteiger partial charge in [-0.3, -0.25) is 4.70 Å². The summed E-state index contributed by atoms with van der Waals surface area (Å²) in [7, 11) is 0. The first kappa shape index (κ1) is 14.1. The Bertz CT molecular complexity index is 336. The molecule has 16 heavy (non-hydrogen) atoms. The molecular weight excluding hydrogens is 218 g/mol. The van der Waals surface area contributed by atoms with E-state index in [4.69, 9.17) is 4.74 Å². The second kappa shape index (κ2) is 7.39. The summed E-state index contributed by atoms with van der Waals surface area (Å²) in [6.45, 7) is 3.62. The summed E-state index contributed by atoms with van der Waals surface area (Å²) in [4.78, 5) is 10.6. The first-order chi connectivity index (χ1) is 7.22. The van der Waals surface area contributed by atoms with Crippen LogP contribution in [0.15, 0.2) is 36.9 Å². The van der Waals surface area contributed by atoms with Gasteiger partial charge >= 0.3 is 5.97 Å². The average molecular weight is 230 g/mol. The first-order valence-electron chi connectivity index (χ1n) is 4.40. The molecule has 88 valence electrons. The summed E-state index contributed by atoms with van der Waals surface area (Å²) < 4.78 is 22.3. The number of esters is 1. The number of halogens is 2. The maximum absolute atomic E-state index is 12.5. The number of hydrogen-bond acceptors (Lipinski definition) is 3. The SMILES string of the molecule is C=CC(=O)OCCOc1ccc(F)cc1.F. The van der Waals surface area contributed by atoms with Crippen LogP contribution in [0, 0.1) is 5.82 Å². The normalized spacial score (nSPS) is 8.81. The highest BCUT2D eigenvalue weighted by atomic mass is 19.1. The summed E-state index contributed by atoms with van der Waals surface area (Å²) in [5.41, 5.74) is 0. The van der Waals surface area contributed by atoms with E-state index in [0.29, 0.717) is 5.75 Å². The Hall–Kier alpha value is -1.91. The van der Waals surface area contributed by atoms with E-state index in [1.54, 1.807) is 0 Å². The van der Waals surface area contributed by atoms with Gasteiger partial charge in [-0.05, 0) is 24.3 Å². The van der Waals surface area contributed by atoms with Gasteiger partial charge in [0.05, 0.1) is 0 Å². The second-order valence-electron chi connectivity index (χ2n) is 2.67. The van der Waals surface area contributed by atoms with Crippen molar-refractivity contribution in [1.82, 2.24) is 0 Å². The lowest BCUT2D eigenvalue weighted by Gasteiger charge is -2.05. The molecule has 0 fully saturated rings. The number of carbonyl (C=O) groups is 1. The molecule has 0 radical (unpaired) electrons. The largest absolute Gasteiger partial charge is 0.490 e. The van der Waals surface area contributed by atoms with E-state index in [0.717, 1.165) is 6.08 Å². The zero-order chi connectivity index (χ0) is 11.1. The highest BCUT2D eigenvalue weighted by Gasteiger charge is 1.97. The molecule has 0 saturated heterocycles. The highest BCUT2D eigenvalue weighted by molar-refractivity contribution is 5.81. The van der Waals surface area contributed by atoms with Crippen molar-refractivity contribution in [3.63, 3.8) is 0 Å². The first-order valence-corrected chi connectivity index (χ1v) is 4.40. The van der Waals surface area contributed by atoms with E-state index in [1.165, 1.54) is 24.3 Å². The highest BCUT2D eigenvalue weighted by Crippen LogP contribution is 2.10. The number of ether oxygens (including phenoxy) is 2. The minimum atomic E-state index is -0.488. The third-order valence-corrected chi connectivity index (χ3v) is 1.58. The topological polar surface area (TPSA) is 35.5 Å². The summed E-state index contributed by atoms with van der Waals surface area (Å²) >= 11 is 0. The van der Waals surface area contributed by atoms with Crippen LogP contribution < -0.4 is 4.74 Å². The van der Waals surface area contributed by atoms with Crippen LogP contribution in [0.25, 0.3) is 0 Å². The van der Waals surface area contributed by atoms with Crippen molar-refractivity contribution in [2.45, 2.75) is 0 Å². The molecule has 5 heteroatoms. The van der Waals surface area contributed by atoms with E-state index in [2.05, 4.69) is 11.3 Å². The van der Waals surface area contributed by atoms with Crippen LogP contribution in [0.5, 0.6) is 5.75 Å². The fourth-order valence-corrected chi connectivity index (χ4v) is 0.892. The average Bonchev–Trinajstić information content (AvgIpc) is 2.26. The number of benzene rings is 1. The van der Waals surface area contributed by atoms with Gasteiger partial charge in [-0.25, -0.2) is 9.18 Å². The standard InChI is InChI=1S/C11H11FO3.FH/c1-2-11(13)15-8-7-14-10-5-3-9(12)4-6-10;/h2-6H,1,7-8H2;1H. The Morgan fingerprint density at radius 1 is 1.31 bits per heavy atom. The molecule has 1 aromatic rings. The zero-order valence-corrected chi connectivity index (χ0v) is 8.52. The Morgan fingerprint density at radius 2 is 1.94 bits per heavy atom. The summed E-state index contributed by atoms with van der Waals surface area (Å²) in [5.74, 6) is -0.274. The van der Waals surface area contributed by atoms with Crippen LogP contribution in [0.3, 0.4) is 0 Å². The minimum absolute atomic E-state index is 0. The molecule has 0 aliphatic carbocycles. The molecule has 0 atom stereocenters. The van der Waals surface area contributed by atoms with Crippen molar-refractivity contribution in [3.05, 3.63) is 42.7 Å². The van der Waals surface area contributed by atoms with Gasteiger partial charge in [-0.15, -0.1) is 0 Å². The number of carbonyl (C=O) groups excluding carboxylic acids is 1. The maximum atomic E-state index is 12.5. The van der Waals surface area contributed by atoms with Gasteiger partial charge in [0.1, 0.15) is 24.8 Å². The van der Waals surface area contributed by atoms with Gasteiger partial charge in [0.25, 0.3) is 0 Å². The zero-order valence-electron chi connectivity index (χ0n) is 8.52. The van der Waals surface area contributed by atoms with Crippen LogP contribution in [-0.2, 0) is 9.53 Å². The van der Waals surface area contributed by atoms with E-state index >= 15 is 0 Å². The molecule has 1 aromatic carbocycles. The molecule has 0 aliphatic heterocycles. The van der Waals surface area contributed by atoms with Crippen LogP contribution in [-0.4, -0.2) is 19.2 Å². The van der Waals surface area contributed by atoms with Crippen molar-refractivity contribution < 1.29 is 23.4 Å². The van der Waals surface area contributed by atoms with Gasteiger partial charge in [0.2, 0.25) is 0 Å². The molecule has 0 bridgehead atoms. The van der Waals surface area contributed by atoms with E-state index < -0.39 is 5.97 Å². The molecule has 0 aromatic heterocycles. The minimum Gasteiger partial charge on any atom is -0.490 e. The van der Waals surface area contributed by atoms with Crippen molar-refractivity contribution >= 4 is 5.97 Å². The summed E-state index contributed by atoms with van der Waals surface area (Å²) in [5, 5.41) is 0. The van der Waals surface area contributed by atoms with Crippen molar-refractivity contribution in [2.24, 2.45) is 0 Å². The third-order valence-electron chi connectivity index (χ3n) is 1.58. The van der Waals surface area contributed by atoms with Crippen LogP contribution in [0.2, 0.25) is 0 Å². The lowest BCUT2D eigenvalue weighted by atomic mass is 10.3. The molecule has 0 heterocycles. The summed E-state index contributed by atoms with van der Waals surface area (Å²) in [6.07, 6.45) is 1.08. The van der Waals surface area contributed by atoms with Crippen LogP contribution >= 0.6 is 0 Å². The van der Waals surface area contributed by atoms with E-state index in [9.17, 15) is 9.18 Å². The quantitative estimate of drug-likeness (QED) is 0.441. The molecule has 0 N–H and O–H groups in total. The molecule has 3 nitrogen and oxygen atoms in total. The van der Waals surface area contributed by atoms with Crippen LogP contribution in [0.1, 0.15) is 0 Å². The number of rotatable bonds is 5. The smallest absolute Gasteiger partial charge is 0.330 e. The third kappa shape index (κ3) is 5.09. The molecule has 1 rings (SSSR count). The second-order valence-corrected chi connectivity index (χ2v) is 2.67. The lowest BCUT2D eigenvalue weighted by molar-refractivity contribution is -0.138. The monoisotopic (exact) mass is 230 g/mol. The van der Waals surface area contributed by atoms with Crippen molar-refractivity contribution in [1.29, 1.82) is 0 Å². The lowest BCUT2D eigenvalue weighted by Crippen LogP contribution is -2.10. The Morgan fingerprint density at radius 3 is 2.50 bits per heavy atom. The van der Waals surface area contributed by atoms with Gasteiger partial charge in [-0.1, -0.05) is 6.58 Å².